The van der Waals surface area contributed by atoms with E-state index in [9.17, 15) is 18.8 Å². The molecule has 1 spiro atoms. The van der Waals surface area contributed by atoms with Crippen molar-refractivity contribution in [2.75, 3.05) is 11.4 Å². The number of piperidine rings is 1. The van der Waals surface area contributed by atoms with Gasteiger partial charge in [-0.25, -0.2) is 9.37 Å². The number of amides is 2. The van der Waals surface area contributed by atoms with E-state index in [-0.39, 0.29) is 52.3 Å². The number of rotatable bonds is 5. The van der Waals surface area contributed by atoms with E-state index in [0.717, 1.165) is 12.8 Å². The summed E-state index contributed by atoms with van der Waals surface area (Å²) in [6, 6.07) is 2.82. The molecule has 1 saturated heterocycles. The van der Waals surface area contributed by atoms with Crippen molar-refractivity contribution in [3.63, 3.8) is 0 Å². The summed E-state index contributed by atoms with van der Waals surface area (Å²) in [5, 5.41) is 3.23. The molecule has 9 heteroatoms. The number of aromatic nitrogens is 2. The number of aryl methyl sites for hydroxylation is 1. The highest BCUT2D eigenvalue weighted by Gasteiger charge is 2.47. The summed E-state index contributed by atoms with van der Waals surface area (Å²) in [4.78, 5) is 46.7. The minimum absolute atomic E-state index is 0.0239. The van der Waals surface area contributed by atoms with Crippen LogP contribution in [-0.2, 0) is 4.79 Å². The lowest BCUT2D eigenvalue weighted by molar-refractivity contribution is -0.132. The summed E-state index contributed by atoms with van der Waals surface area (Å²) in [5.41, 5.74) is 0.855. The van der Waals surface area contributed by atoms with E-state index in [1.165, 1.54) is 12.4 Å². The second-order valence-electron chi connectivity index (χ2n) is 9.04. The lowest BCUT2D eigenvalue weighted by Crippen LogP contribution is -2.52. The van der Waals surface area contributed by atoms with Gasteiger partial charge in [0.15, 0.2) is 5.78 Å². The van der Waals surface area contributed by atoms with Crippen LogP contribution in [0.3, 0.4) is 0 Å². The monoisotopic (exact) mass is 474 g/mol. The van der Waals surface area contributed by atoms with E-state index in [1.807, 2.05) is 0 Å². The molecule has 0 radical (unpaired) electrons. The van der Waals surface area contributed by atoms with Crippen LogP contribution in [0.15, 0.2) is 18.5 Å². The maximum Gasteiger partial charge on any atom is 0.270 e. The van der Waals surface area contributed by atoms with E-state index >= 15 is 0 Å². The summed E-state index contributed by atoms with van der Waals surface area (Å²) >= 11 is 6.29. The molecule has 4 rings (SSSR count). The second kappa shape index (κ2) is 9.25. The third-order valence-corrected chi connectivity index (χ3v) is 7.29. The molecule has 2 N–H and O–H groups in total. The van der Waals surface area contributed by atoms with Crippen LogP contribution in [-0.4, -0.2) is 40.2 Å². The fraction of sp³-hybridized carbons (Fsp3) is 0.500. The van der Waals surface area contributed by atoms with Crippen LogP contribution < -0.4 is 10.2 Å². The Balaban J connectivity index is 1.44. The van der Waals surface area contributed by atoms with Crippen LogP contribution in [0.5, 0.6) is 0 Å². The maximum atomic E-state index is 13.9. The Labute approximate surface area is 197 Å². The molecule has 2 heterocycles. The number of aromatic amines is 1. The Morgan fingerprint density at radius 2 is 2.03 bits per heavy atom. The Bertz CT molecular complexity index is 1090. The van der Waals surface area contributed by atoms with Gasteiger partial charge in [-0.1, -0.05) is 18.5 Å². The summed E-state index contributed by atoms with van der Waals surface area (Å²) < 4.78 is 13.9. The van der Waals surface area contributed by atoms with Crippen LogP contribution in [0.1, 0.15) is 78.4 Å². The molecule has 33 heavy (non-hydrogen) atoms. The van der Waals surface area contributed by atoms with Gasteiger partial charge in [0.05, 0.1) is 17.0 Å². The smallest absolute Gasteiger partial charge is 0.270 e. The van der Waals surface area contributed by atoms with Gasteiger partial charge in [0.25, 0.3) is 5.91 Å². The molecule has 2 fully saturated rings. The van der Waals surface area contributed by atoms with Crippen molar-refractivity contribution in [2.24, 2.45) is 5.41 Å². The Morgan fingerprint density at radius 1 is 1.30 bits per heavy atom. The zero-order chi connectivity index (χ0) is 23.8. The van der Waals surface area contributed by atoms with Gasteiger partial charge in [-0.3, -0.25) is 14.4 Å². The quantitative estimate of drug-likeness (QED) is 0.619. The number of anilines is 1. The number of imidazole rings is 1. The predicted octanol–water partition coefficient (Wildman–Crippen LogP) is 4.59. The largest absolute Gasteiger partial charge is 0.348 e. The van der Waals surface area contributed by atoms with Crippen LogP contribution >= 0.6 is 11.6 Å². The standard InChI is InChI=1S/C24H28ClFN4O3/c1-3-19(31)20-21(28-13-27-20)22(32)29-15-5-8-24(9-6-15)7-4-10-30(23(24)33)18-11-14(2)17(26)12-16(18)25/h11-13,15H,3-10H2,1-2H3,(H,27,28)(H,29,32). The van der Waals surface area contributed by atoms with Gasteiger partial charge in [-0.15, -0.1) is 0 Å². The average molecular weight is 475 g/mol. The molecular formula is C24H28ClFN4O3. The third kappa shape index (κ3) is 4.40. The molecular weight excluding hydrogens is 447 g/mol. The van der Waals surface area contributed by atoms with E-state index in [2.05, 4.69) is 15.3 Å². The first kappa shape index (κ1) is 23.4. The average Bonchev–Trinajstić information content (AvgIpc) is 3.30. The number of carbonyl (C=O) groups excluding carboxylic acids is 3. The van der Waals surface area contributed by atoms with Gasteiger partial charge in [0.2, 0.25) is 5.91 Å². The molecule has 7 nitrogen and oxygen atoms in total. The van der Waals surface area contributed by atoms with Crippen molar-refractivity contribution >= 4 is 34.9 Å². The fourth-order valence-corrected chi connectivity index (χ4v) is 5.28. The molecule has 2 aliphatic rings. The van der Waals surface area contributed by atoms with E-state index in [4.69, 9.17) is 11.6 Å². The number of nitrogens with zero attached hydrogens (tertiary/aromatic N) is 2. The van der Waals surface area contributed by atoms with Gasteiger partial charge in [0, 0.05) is 24.4 Å². The number of H-pyrrole nitrogens is 1. The first-order chi connectivity index (χ1) is 15.8. The highest BCUT2D eigenvalue weighted by Crippen LogP contribution is 2.46. The van der Waals surface area contributed by atoms with Crippen LogP contribution in [0.2, 0.25) is 5.02 Å². The third-order valence-electron chi connectivity index (χ3n) is 6.98. The molecule has 2 amide bonds. The van der Waals surface area contributed by atoms with Crippen molar-refractivity contribution in [1.29, 1.82) is 0 Å². The van der Waals surface area contributed by atoms with Crippen molar-refractivity contribution < 1.29 is 18.8 Å². The fourth-order valence-electron chi connectivity index (χ4n) is 5.03. The van der Waals surface area contributed by atoms with Crippen molar-refractivity contribution in [1.82, 2.24) is 15.3 Å². The SMILES string of the molecule is CCC(=O)c1nc[nH]c1C(=O)NC1CCC2(CCCN(c3cc(C)c(F)cc3Cl)C2=O)CC1. The molecule has 0 unspecified atom stereocenters. The first-order valence-electron chi connectivity index (χ1n) is 11.4. The highest BCUT2D eigenvalue weighted by atomic mass is 35.5. The molecule has 1 saturated carbocycles. The van der Waals surface area contributed by atoms with Gasteiger partial charge in [0.1, 0.15) is 17.2 Å². The Morgan fingerprint density at radius 3 is 2.73 bits per heavy atom. The van der Waals surface area contributed by atoms with Crippen LogP contribution in [0.25, 0.3) is 0 Å². The maximum absolute atomic E-state index is 13.9. The Kier molecular flexibility index (Phi) is 6.56. The molecule has 0 atom stereocenters. The van der Waals surface area contributed by atoms with Gasteiger partial charge in [-0.2, -0.15) is 0 Å². The number of benzene rings is 1. The lowest BCUT2D eigenvalue weighted by Gasteiger charge is -2.45. The number of hydrogen-bond donors (Lipinski definition) is 2. The zero-order valence-corrected chi connectivity index (χ0v) is 19.6. The number of Topliss-reactive ketones (excluding diaryl/α,β-unsaturated/α-hetero) is 1. The lowest BCUT2D eigenvalue weighted by atomic mass is 9.67. The Hall–Kier alpha value is -2.74. The summed E-state index contributed by atoms with van der Waals surface area (Å²) in [6.45, 7) is 3.94. The highest BCUT2D eigenvalue weighted by molar-refractivity contribution is 6.34. The van der Waals surface area contributed by atoms with Crippen LogP contribution in [0.4, 0.5) is 10.1 Å². The van der Waals surface area contributed by atoms with Crippen LogP contribution in [0, 0.1) is 18.2 Å². The van der Waals surface area contributed by atoms with E-state index in [1.54, 1.807) is 24.8 Å². The number of nitrogens with one attached hydrogen (secondary N) is 2. The summed E-state index contributed by atoms with van der Waals surface area (Å²) in [5.74, 6) is -0.905. The molecule has 176 valence electrons. The van der Waals surface area contributed by atoms with E-state index in [0.29, 0.717) is 43.5 Å². The normalized spacial score (nSPS) is 23.1. The zero-order valence-electron chi connectivity index (χ0n) is 18.8. The van der Waals surface area contributed by atoms with Gasteiger partial charge < -0.3 is 15.2 Å². The molecule has 2 aromatic rings. The van der Waals surface area contributed by atoms with Crippen molar-refractivity contribution in [3.05, 3.63) is 46.3 Å². The van der Waals surface area contributed by atoms with Gasteiger partial charge in [-0.05, 0) is 63.1 Å². The van der Waals surface area contributed by atoms with Crippen molar-refractivity contribution in [3.8, 4) is 0 Å². The summed E-state index contributed by atoms with van der Waals surface area (Å²) in [7, 11) is 0. The molecule has 0 bridgehead atoms. The summed E-state index contributed by atoms with van der Waals surface area (Å²) in [6.07, 6.45) is 5.87. The number of hydrogen-bond acceptors (Lipinski definition) is 4. The molecule has 1 aliphatic carbocycles. The van der Waals surface area contributed by atoms with E-state index < -0.39 is 5.41 Å². The second-order valence-corrected chi connectivity index (χ2v) is 9.45. The van der Waals surface area contributed by atoms with Crippen molar-refractivity contribution in [2.45, 2.75) is 64.8 Å². The predicted molar refractivity (Wildman–Crippen MR) is 123 cm³/mol. The van der Waals surface area contributed by atoms with Gasteiger partial charge >= 0.3 is 0 Å². The minimum Gasteiger partial charge on any atom is -0.348 e. The number of carbonyl (C=O) groups is 3. The molecule has 1 aromatic carbocycles. The molecule has 1 aliphatic heterocycles. The number of halogens is 2. The molecule has 1 aromatic heterocycles. The topological polar surface area (TPSA) is 95.2 Å². The number of ketones is 1. The minimum atomic E-state index is -0.498. The first-order valence-corrected chi connectivity index (χ1v) is 11.8.